The third kappa shape index (κ3) is 6.27. The van der Waals surface area contributed by atoms with Crippen molar-refractivity contribution >= 4 is 5.91 Å². The fourth-order valence-corrected chi connectivity index (χ4v) is 2.91. The maximum atomic E-state index is 12.5. The van der Waals surface area contributed by atoms with E-state index in [9.17, 15) is 4.79 Å². The number of amides is 1. The molecule has 0 aliphatic heterocycles. The predicted octanol–water partition coefficient (Wildman–Crippen LogP) is 4.25. The molecule has 0 heterocycles. The lowest BCUT2D eigenvalue weighted by Gasteiger charge is -2.18. The fraction of sp³-hybridized carbons (Fsp3) is 0.435. The van der Waals surface area contributed by atoms with Gasteiger partial charge in [-0.25, -0.2) is 0 Å². The van der Waals surface area contributed by atoms with Crippen LogP contribution >= 0.6 is 0 Å². The van der Waals surface area contributed by atoms with Crippen LogP contribution < -0.4 is 14.8 Å². The zero-order chi connectivity index (χ0) is 20.5. The summed E-state index contributed by atoms with van der Waals surface area (Å²) in [6.45, 7) is 11.8. The molecule has 1 N–H and O–H groups in total. The first-order valence-electron chi connectivity index (χ1n) is 9.89. The number of nitrogens with zero attached hydrogens (tertiary/aromatic N) is 1. The minimum absolute atomic E-state index is 0.0401. The highest BCUT2D eigenvalue weighted by molar-refractivity contribution is 5.94. The molecule has 0 aliphatic rings. The van der Waals surface area contributed by atoms with Crippen molar-refractivity contribution in [1.29, 1.82) is 0 Å². The van der Waals surface area contributed by atoms with Crippen molar-refractivity contribution in [2.45, 2.75) is 46.9 Å². The van der Waals surface area contributed by atoms with Crippen LogP contribution in [0.4, 0.5) is 0 Å². The van der Waals surface area contributed by atoms with Crippen LogP contribution in [0, 0.1) is 0 Å². The summed E-state index contributed by atoms with van der Waals surface area (Å²) in [6, 6.07) is 13.6. The van der Waals surface area contributed by atoms with Crippen LogP contribution in [-0.4, -0.2) is 37.1 Å². The number of hydrogen-bond acceptors (Lipinski definition) is 4. The van der Waals surface area contributed by atoms with Crippen molar-refractivity contribution in [3.8, 4) is 11.5 Å². The van der Waals surface area contributed by atoms with Gasteiger partial charge in [0.2, 0.25) is 0 Å². The van der Waals surface area contributed by atoms with Gasteiger partial charge in [-0.1, -0.05) is 38.1 Å². The second-order valence-electron chi connectivity index (χ2n) is 6.99. The van der Waals surface area contributed by atoms with Crippen molar-refractivity contribution < 1.29 is 14.3 Å². The largest absolute Gasteiger partial charge is 0.493 e. The molecule has 28 heavy (non-hydrogen) atoms. The minimum Gasteiger partial charge on any atom is -0.493 e. The molecule has 2 aromatic carbocycles. The molecule has 0 aromatic heterocycles. The Morgan fingerprint density at radius 1 is 1.00 bits per heavy atom. The highest BCUT2D eigenvalue weighted by Crippen LogP contribution is 2.29. The molecule has 152 valence electrons. The van der Waals surface area contributed by atoms with Crippen LogP contribution in [-0.2, 0) is 13.1 Å². The Morgan fingerprint density at radius 2 is 1.64 bits per heavy atom. The number of ether oxygens (including phenoxy) is 2. The molecule has 0 unspecified atom stereocenters. The average molecular weight is 385 g/mol. The van der Waals surface area contributed by atoms with Gasteiger partial charge in [-0.05, 0) is 56.3 Å². The molecule has 0 atom stereocenters. The number of hydrogen-bond donors (Lipinski definition) is 1. The van der Waals surface area contributed by atoms with Crippen molar-refractivity contribution in [2.24, 2.45) is 0 Å². The van der Waals surface area contributed by atoms with Crippen molar-refractivity contribution in [3.05, 3.63) is 59.2 Å². The lowest BCUT2D eigenvalue weighted by molar-refractivity contribution is 0.0950. The minimum atomic E-state index is -0.137. The standard InChI is InChI=1S/C23H32N2O3/c1-6-25(7-2)16-19-10-8-18(9-11-19)15-24-23(26)20-12-13-21(28-17(3)4)22(14-20)27-5/h8-14,17H,6-7,15-16H2,1-5H3,(H,24,26). The zero-order valence-electron chi connectivity index (χ0n) is 17.6. The first-order valence-corrected chi connectivity index (χ1v) is 9.89. The van der Waals surface area contributed by atoms with Gasteiger partial charge < -0.3 is 14.8 Å². The number of nitrogens with one attached hydrogen (secondary N) is 1. The SMILES string of the molecule is CCN(CC)Cc1ccc(CNC(=O)c2ccc(OC(C)C)c(OC)c2)cc1. The maximum Gasteiger partial charge on any atom is 0.251 e. The van der Waals surface area contributed by atoms with Gasteiger partial charge in [0, 0.05) is 18.7 Å². The van der Waals surface area contributed by atoms with Gasteiger partial charge in [0.1, 0.15) is 0 Å². The first kappa shape index (κ1) is 21.8. The van der Waals surface area contributed by atoms with E-state index in [0.717, 1.165) is 25.2 Å². The highest BCUT2D eigenvalue weighted by Gasteiger charge is 2.12. The number of carbonyl (C=O) groups is 1. The second-order valence-corrected chi connectivity index (χ2v) is 6.99. The Kier molecular flexibility index (Phi) is 8.33. The van der Waals surface area contributed by atoms with Crippen molar-refractivity contribution in [2.75, 3.05) is 20.2 Å². The van der Waals surface area contributed by atoms with Gasteiger partial charge in [-0.3, -0.25) is 9.69 Å². The zero-order valence-corrected chi connectivity index (χ0v) is 17.6. The number of carbonyl (C=O) groups excluding carboxylic acids is 1. The Hall–Kier alpha value is -2.53. The van der Waals surface area contributed by atoms with Crippen LogP contribution in [0.5, 0.6) is 11.5 Å². The summed E-state index contributed by atoms with van der Waals surface area (Å²) in [5, 5.41) is 2.96. The van der Waals surface area contributed by atoms with Crippen LogP contribution in [0.25, 0.3) is 0 Å². The molecule has 0 saturated carbocycles. The van der Waals surface area contributed by atoms with Crippen LogP contribution in [0.15, 0.2) is 42.5 Å². The van der Waals surface area contributed by atoms with E-state index in [4.69, 9.17) is 9.47 Å². The second kappa shape index (κ2) is 10.7. The third-order valence-corrected chi connectivity index (χ3v) is 4.57. The smallest absolute Gasteiger partial charge is 0.251 e. The third-order valence-electron chi connectivity index (χ3n) is 4.57. The van der Waals surface area contributed by atoms with E-state index >= 15 is 0 Å². The summed E-state index contributed by atoms with van der Waals surface area (Å²) in [5.74, 6) is 1.06. The van der Waals surface area contributed by atoms with Gasteiger partial charge >= 0.3 is 0 Å². The summed E-state index contributed by atoms with van der Waals surface area (Å²) in [6.07, 6.45) is 0.0401. The van der Waals surface area contributed by atoms with Gasteiger partial charge in [-0.2, -0.15) is 0 Å². The van der Waals surface area contributed by atoms with E-state index in [2.05, 4.69) is 48.3 Å². The Bertz CT molecular complexity index is 753. The van der Waals surface area contributed by atoms with E-state index in [1.807, 2.05) is 13.8 Å². The molecular formula is C23H32N2O3. The molecule has 2 aromatic rings. The quantitative estimate of drug-likeness (QED) is 0.665. The average Bonchev–Trinajstić information content (AvgIpc) is 2.71. The number of benzene rings is 2. The van der Waals surface area contributed by atoms with Crippen molar-refractivity contribution in [1.82, 2.24) is 10.2 Å². The predicted molar refractivity (Wildman–Crippen MR) is 113 cm³/mol. The maximum absolute atomic E-state index is 12.5. The van der Waals surface area contributed by atoms with E-state index in [-0.39, 0.29) is 12.0 Å². The molecule has 0 aliphatic carbocycles. The summed E-state index contributed by atoms with van der Waals surface area (Å²) < 4.78 is 11.0. The molecule has 0 saturated heterocycles. The number of methoxy groups -OCH3 is 1. The number of rotatable bonds is 10. The monoisotopic (exact) mass is 384 g/mol. The van der Waals surface area contributed by atoms with Gasteiger partial charge in [0.05, 0.1) is 13.2 Å². The normalized spacial score (nSPS) is 11.0. The Balaban J connectivity index is 1.96. The molecule has 0 bridgehead atoms. The molecule has 0 radical (unpaired) electrons. The molecule has 1 amide bonds. The van der Waals surface area contributed by atoms with E-state index < -0.39 is 0 Å². The molecule has 5 nitrogen and oxygen atoms in total. The molecular weight excluding hydrogens is 352 g/mol. The van der Waals surface area contributed by atoms with Crippen LogP contribution in [0.2, 0.25) is 0 Å². The van der Waals surface area contributed by atoms with Crippen LogP contribution in [0.1, 0.15) is 49.2 Å². The fourth-order valence-electron chi connectivity index (χ4n) is 2.91. The summed E-state index contributed by atoms with van der Waals surface area (Å²) in [5.41, 5.74) is 2.90. The van der Waals surface area contributed by atoms with E-state index in [1.54, 1.807) is 25.3 Å². The molecule has 2 rings (SSSR count). The summed E-state index contributed by atoms with van der Waals surface area (Å²) in [4.78, 5) is 14.9. The van der Waals surface area contributed by atoms with Gasteiger partial charge in [0.25, 0.3) is 5.91 Å². The molecule has 5 heteroatoms. The Labute approximate surface area is 168 Å². The summed E-state index contributed by atoms with van der Waals surface area (Å²) >= 11 is 0. The van der Waals surface area contributed by atoms with Crippen LogP contribution in [0.3, 0.4) is 0 Å². The summed E-state index contributed by atoms with van der Waals surface area (Å²) in [7, 11) is 1.57. The first-order chi connectivity index (χ1) is 13.5. The highest BCUT2D eigenvalue weighted by atomic mass is 16.5. The lowest BCUT2D eigenvalue weighted by Crippen LogP contribution is -2.23. The van der Waals surface area contributed by atoms with Gasteiger partial charge in [-0.15, -0.1) is 0 Å². The lowest BCUT2D eigenvalue weighted by atomic mass is 10.1. The van der Waals surface area contributed by atoms with E-state index in [0.29, 0.717) is 23.6 Å². The molecule has 0 fully saturated rings. The molecule has 0 spiro atoms. The van der Waals surface area contributed by atoms with Crippen molar-refractivity contribution in [3.63, 3.8) is 0 Å². The Morgan fingerprint density at radius 3 is 2.21 bits per heavy atom. The van der Waals surface area contributed by atoms with E-state index in [1.165, 1.54) is 5.56 Å². The topological polar surface area (TPSA) is 50.8 Å². The van der Waals surface area contributed by atoms with Gasteiger partial charge in [0.15, 0.2) is 11.5 Å².